The van der Waals surface area contributed by atoms with Gasteiger partial charge in [0.05, 0.1) is 20.6 Å². The molecule has 1 heterocycles. The number of fused-ring (bicyclic) bond motifs is 1. The third-order valence-electron chi connectivity index (χ3n) is 7.22. The van der Waals surface area contributed by atoms with Crippen molar-refractivity contribution in [1.82, 2.24) is 9.80 Å². The van der Waals surface area contributed by atoms with Crippen molar-refractivity contribution in [3.8, 4) is 11.5 Å². The van der Waals surface area contributed by atoms with Gasteiger partial charge in [0.1, 0.15) is 0 Å². The van der Waals surface area contributed by atoms with Gasteiger partial charge in [-0.25, -0.2) is 0 Å². The standard InChI is InChI=1S/C31H38N2O3/c1-32(19-16-28(24-11-6-4-7-12-24)25-13-8-5-9-14-25)17-10-18-33-20-15-26-21-29(35-2)30(36-3)22-27(26)23-31(33)34/h4-9,11-14,21-22,28H,10,15-20,23H2,1-3H3. The molecule has 0 bridgehead atoms. The maximum atomic E-state index is 13.0. The molecule has 5 heteroatoms. The van der Waals surface area contributed by atoms with Crippen molar-refractivity contribution in [2.45, 2.75) is 31.6 Å². The molecule has 1 aliphatic rings. The number of hydrogen-bond acceptors (Lipinski definition) is 4. The van der Waals surface area contributed by atoms with E-state index in [2.05, 4.69) is 72.6 Å². The van der Waals surface area contributed by atoms with Crippen molar-refractivity contribution in [2.24, 2.45) is 0 Å². The SMILES string of the molecule is COc1cc2c(cc1OC)CC(=O)N(CCCN(C)CCC(c1ccccc1)c1ccccc1)CC2. The summed E-state index contributed by atoms with van der Waals surface area (Å²) in [6, 6.07) is 25.5. The Morgan fingerprint density at radius 1 is 0.861 bits per heavy atom. The lowest BCUT2D eigenvalue weighted by Crippen LogP contribution is -2.35. The molecule has 0 saturated carbocycles. The third kappa shape index (κ3) is 6.46. The fourth-order valence-corrected chi connectivity index (χ4v) is 5.14. The van der Waals surface area contributed by atoms with E-state index in [4.69, 9.17) is 9.47 Å². The summed E-state index contributed by atoms with van der Waals surface area (Å²) in [5, 5.41) is 0. The summed E-state index contributed by atoms with van der Waals surface area (Å²) in [7, 11) is 5.47. The van der Waals surface area contributed by atoms with Crippen LogP contribution in [0.25, 0.3) is 0 Å². The fraction of sp³-hybridized carbons (Fsp3) is 0.387. The molecule has 0 saturated heterocycles. The number of hydrogen-bond donors (Lipinski definition) is 0. The molecule has 190 valence electrons. The molecule has 0 aromatic heterocycles. The van der Waals surface area contributed by atoms with Crippen LogP contribution in [0.15, 0.2) is 72.8 Å². The van der Waals surface area contributed by atoms with Gasteiger partial charge in [0.2, 0.25) is 5.91 Å². The lowest BCUT2D eigenvalue weighted by atomic mass is 9.88. The normalized spacial score (nSPS) is 13.6. The zero-order valence-corrected chi connectivity index (χ0v) is 21.8. The summed E-state index contributed by atoms with van der Waals surface area (Å²) < 4.78 is 10.9. The monoisotopic (exact) mass is 486 g/mol. The quantitative estimate of drug-likeness (QED) is 0.375. The van der Waals surface area contributed by atoms with Crippen LogP contribution in [0.1, 0.15) is 41.0 Å². The first-order valence-electron chi connectivity index (χ1n) is 12.9. The molecule has 1 amide bonds. The van der Waals surface area contributed by atoms with Crippen LogP contribution in [-0.2, 0) is 17.6 Å². The second-order valence-electron chi connectivity index (χ2n) is 9.60. The van der Waals surface area contributed by atoms with Crippen LogP contribution in [-0.4, -0.2) is 63.2 Å². The summed E-state index contributed by atoms with van der Waals surface area (Å²) in [5.74, 6) is 1.98. The summed E-state index contributed by atoms with van der Waals surface area (Å²) in [5.41, 5.74) is 4.94. The molecule has 0 radical (unpaired) electrons. The molecule has 3 aromatic carbocycles. The Bertz CT molecular complexity index is 1080. The van der Waals surface area contributed by atoms with Crippen molar-refractivity contribution >= 4 is 5.91 Å². The zero-order valence-electron chi connectivity index (χ0n) is 21.8. The van der Waals surface area contributed by atoms with E-state index in [1.165, 1.54) is 16.7 Å². The van der Waals surface area contributed by atoms with E-state index in [0.717, 1.165) is 56.8 Å². The summed E-state index contributed by atoms with van der Waals surface area (Å²) >= 11 is 0. The van der Waals surface area contributed by atoms with Gasteiger partial charge in [-0.2, -0.15) is 0 Å². The molecule has 4 rings (SSSR count). The van der Waals surface area contributed by atoms with Crippen LogP contribution in [0.2, 0.25) is 0 Å². The Balaban J connectivity index is 1.29. The second-order valence-corrected chi connectivity index (χ2v) is 9.60. The van der Waals surface area contributed by atoms with Gasteiger partial charge in [-0.3, -0.25) is 4.79 Å². The van der Waals surface area contributed by atoms with Gasteiger partial charge < -0.3 is 19.3 Å². The van der Waals surface area contributed by atoms with E-state index in [1.54, 1.807) is 14.2 Å². The lowest BCUT2D eigenvalue weighted by molar-refractivity contribution is -0.130. The highest BCUT2D eigenvalue weighted by Crippen LogP contribution is 2.32. The number of benzene rings is 3. The molecular weight excluding hydrogens is 448 g/mol. The molecule has 5 nitrogen and oxygen atoms in total. The zero-order chi connectivity index (χ0) is 25.3. The van der Waals surface area contributed by atoms with Crippen molar-refractivity contribution in [3.63, 3.8) is 0 Å². The summed E-state index contributed by atoms with van der Waals surface area (Å²) in [6.07, 6.45) is 3.28. The minimum Gasteiger partial charge on any atom is -0.493 e. The second kappa shape index (κ2) is 12.6. The molecule has 1 aliphatic heterocycles. The summed E-state index contributed by atoms with van der Waals surface area (Å²) in [6.45, 7) is 3.50. The van der Waals surface area contributed by atoms with Gasteiger partial charge in [0.15, 0.2) is 11.5 Å². The van der Waals surface area contributed by atoms with Crippen LogP contribution in [0.5, 0.6) is 11.5 Å². The van der Waals surface area contributed by atoms with Crippen molar-refractivity contribution in [3.05, 3.63) is 95.1 Å². The predicted octanol–water partition coefficient (Wildman–Crippen LogP) is 5.18. The first-order valence-corrected chi connectivity index (χ1v) is 12.9. The number of carbonyl (C=O) groups is 1. The van der Waals surface area contributed by atoms with Crippen LogP contribution in [0.3, 0.4) is 0 Å². The van der Waals surface area contributed by atoms with Gasteiger partial charge in [-0.1, -0.05) is 60.7 Å². The predicted molar refractivity (Wildman–Crippen MR) is 145 cm³/mol. The number of nitrogens with zero attached hydrogens (tertiary/aromatic N) is 2. The smallest absolute Gasteiger partial charge is 0.227 e. The largest absolute Gasteiger partial charge is 0.493 e. The molecule has 0 N–H and O–H groups in total. The third-order valence-corrected chi connectivity index (χ3v) is 7.22. The van der Waals surface area contributed by atoms with E-state index in [9.17, 15) is 4.79 Å². The van der Waals surface area contributed by atoms with E-state index >= 15 is 0 Å². The Kier molecular flexibility index (Phi) is 9.01. The average molecular weight is 487 g/mol. The first-order chi connectivity index (χ1) is 17.6. The maximum Gasteiger partial charge on any atom is 0.227 e. The highest BCUT2D eigenvalue weighted by atomic mass is 16.5. The van der Waals surface area contributed by atoms with Gasteiger partial charge in [0, 0.05) is 19.0 Å². The number of rotatable bonds is 11. The summed E-state index contributed by atoms with van der Waals surface area (Å²) in [4.78, 5) is 17.4. The first kappa shape index (κ1) is 25.8. The number of ether oxygens (including phenoxy) is 2. The van der Waals surface area contributed by atoms with E-state index in [-0.39, 0.29) is 5.91 Å². The highest BCUT2D eigenvalue weighted by molar-refractivity contribution is 5.80. The van der Waals surface area contributed by atoms with Crippen LogP contribution in [0.4, 0.5) is 0 Å². The molecule has 0 unspecified atom stereocenters. The topological polar surface area (TPSA) is 42.0 Å². The minimum absolute atomic E-state index is 0.192. The van der Waals surface area contributed by atoms with Crippen molar-refractivity contribution in [2.75, 3.05) is 47.4 Å². The number of methoxy groups -OCH3 is 2. The molecule has 36 heavy (non-hydrogen) atoms. The fourth-order valence-electron chi connectivity index (χ4n) is 5.14. The van der Waals surface area contributed by atoms with Crippen molar-refractivity contribution < 1.29 is 14.3 Å². The van der Waals surface area contributed by atoms with Gasteiger partial charge >= 0.3 is 0 Å². The van der Waals surface area contributed by atoms with Crippen LogP contribution in [0, 0.1) is 0 Å². The van der Waals surface area contributed by atoms with Crippen molar-refractivity contribution in [1.29, 1.82) is 0 Å². The van der Waals surface area contributed by atoms with E-state index < -0.39 is 0 Å². The minimum atomic E-state index is 0.192. The maximum absolute atomic E-state index is 13.0. The van der Waals surface area contributed by atoms with Gasteiger partial charge in [-0.15, -0.1) is 0 Å². The Labute approximate surface area is 215 Å². The van der Waals surface area contributed by atoms with Gasteiger partial charge in [0.25, 0.3) is 0 Å². The van der Waals surface area contributed by atoms with Crippen LogP contribution >= 0.6 is 0 Å². The Morgan fingerprint density at radius 2 is 1.44 bits per heavy atom. The van der Waals surface area contributed by atoms with Gasteiger partial charge in [-0.05, 0) is 73.8 Å². The number of amides is 1. The molecule has 0 spiro atoms. The Hall–Kier alpha value is -3.31. The molecule has 0 aliphatic carbocycles. The van der Waals surface area contributed by atoms with E-state index in [1.807, 2.05) is 17.0 Å². The molecule has 0 fully saturated rings. The average Bonchev–Trinajstić information content (AvgIpc) is 3.06. The van der Waals surface area contributed by atoms with E-state index in [0.29, 0.717) is 18.1 Å². The number of carbonyl (C=O) groups excluding carboxylic acids is 1. The Morgan fingerprint density at radius 3 is 2.03 bits per heavy atom. The molecular formula is C31H38N2O3. The lowest BCUT2D eigenvalue weighted by Gasteiger charge is -2.25. The molecule has 0 atom stereocenters. The molecule has 3 aromatic rings. The highest BCUT2D eigenvalue weighted by Gasteiger charge is 2.22. The van der Waals surface area contributed by atoms with Crippen LogP contribution < -0.4 is 9.47 Å².